The van der Waals surface area contributed by atoms with E-state index in [4.69, 9.17) is 19.3 Å². The van der Waals surface area contributed by atoms with Gasteiger partial charge in [0.05, 0.1) is 19.1 Å². The van der Waals surface area contributed by atoms with Gasteiger partial charge >= 0.3 is 0 Å². The molecule has 0 fully saturated rings. The highest BCUT2D eigenvalue weighted by Crippen LogP contribution is 2.34. The van der Waals surface area contributed by atoms with E-state index in [2.05, 4.69) is 5.32 Å². The Kier molecular flexibility index (Phi) is 6.09. The number of ether oxygens (including phenoxy) is 1. The molecule has 4 N–H and O–H groups in total. The van der Waals surface area contributed by atoms with E-state index < -0.39 is 17.9 Å². The van der Waals surface area contributed by atoms with Crippen LogP contribution in [0.3, 0.4) is 0 Å². The number of hydrogen-bond donors (Lipinski definition) is 3. The van der Waals surface area contributed by atoms with Crippen molar-refractivity contribution in [1.82, 2.24) is 5.32 Å². The molecular weight excluding hydrogens is 440 g/mol. The number of nitrogens with two attached hydrogens (primary N) is 1. The third-order valence-corrected chi connectivity index (χ3v) is 5.29. The van der Waals surface area contributed by atoms with Crippen LogP contribution in [-0.2, 0) is 16.0 Å². The van der Waals surface area contributed by atoms with Gasteiger partial charge in [0.15, 0.2) is 5.58 Å². The summed E-state index contributed by atoms with van der Waals surface area (Å²) in [4.78, 5) is 37.5. The highest BCUT2D eigenvalue weighted by atomic mass is 16.5. The second-order valence-corrected chi connectivity index (χ2v) is 7.69. The van der Waals surface area contributed by atoms with Gasteiger partial charge in [-0.3, -0.25) is 14.4 Å². The smallest absolute Gasteiger partial charge is 0.244 e. The Labute approximate surface area is 193 Å². The lowest BCUT2D eigenvalue weighted by Crippen LogP contribution is -2.38. The van der Waals surface area contributed by atoms with Crippen LogP contribution in [-0.4, -0.2) is 24.0 Å². The molecule has 2 heterocycles. The Morgan fingerprint density at radius 2 is 1.74 bits per heavy atom. The third kappa shape index (κ3) is 4.49. The van der Waals surface area contributed by atoms with E-state index in [0.29, 0.717) is 34.0 Å². The Balaban J connectivity index is 1.73. The van der Waals surface area contributed by atoms with Crippen LogP contribution < -0.4 is 21.2 Å². The van der Waals surface area contributed by atoms with Crippen molar-refractivity contribution in [1.29, 1.82) is 0 Å². The maximum atomic E-state index is 13.0. The lowest BCUT2D eigenvalue weighted by molar-refractivity contribution is -0.127. The van der Waals surface area contributed by atoms with Crippen molar-refractivity contribution in [3.05, 3.63) is 81.7 Å². The monoisotopic (exact) mass is 462 g/mol. The molecule has 0 aliphatic carbocycles. The first-order valence-corrected chi connectivity index (χ1v) is 10.3. The van der Waals surface area contributed by atoms with Gasteiger partial charge in [-0.1, -0.05) is 12.1 Å². The van der Waals surface area contributed by atoms with Crippen LogP contribution in [0.1, 0.15) is 22.9 Å². The summed E-state index contributed by atoms with van der Waals surface area (Å²) in [5.74, 6) is -0.0210. The summed E-state index contributed by atoms with van der Waals surface area (Å²) in [6.07, 6.45) is -0.247. The average molecular weight is 462 g/mol. The molecule has 9 nitrogen and oxygen atoms in total. The maximum Gasteiger partial charge on any atom is 0.244 e. The molecule has 2 amide bonds. The van der Waals surface area contributed by atoms with Crippen LogP contribution in [0.15, 0.2) is 68.2 Å². The normalized spacial score (nSPS) is 11.8. The fraction of sp³-hybridized carbons (Fsp3) is 0.160. The van der Waals surface area contributed by atoms with Crippen LogP contribution in [0, 0.1) is 6.92 Å². The summed E-state index contributed by atoms with van der Waals surface area (Å²) in [5.41, 5.74) is 6.65. The Hall–Kier alpha value is -4.53. The van der Waals surface area contributed by atoms with Gasteiger partial charge in [-0.25, -0.2) is 0 Å². The minimum Gasteiger partial charge on any atom is -0.508 e. The van der Waals surface area contributed by atoms with Gasteiger partial charge in [-0.15, -0.1) is 0 Å². The SMILES string of the molecule is COc1ccc(-c2oc3c(=O)cc(C)oc3c2CC(=O)NC(C(N)=O)c2ccc(O)cc2)cc1. The van der Waals surface area contributed by atoms with Gasteiger partial charge in [0.25, 0.3) is 0 Å². The molecule has 0 bridgehead atoms. The number of phenolic OH excluding ortho intramolecular Hbond substituents is 1. The van der Waals surface area contributed by atoms with Crippen molar-refractivity contribution in [2.75, 3.05) is 7.11 Å². The molecule has 0 spiro atoms. The van der Waals surface area contributed by atoms with E-state index in [9.17, 15) is 19.5 Å². The van der Waals surface area contributed by atoms with Crippen LogP contribution >= 0.6 is 0 Å². The summed E-state index contributed by atoms with van der Waals surface area (Å²) in [5, 5.41) is 12.1. The largest absolute Gasteiger partial charge is 0.508 e. The van der Waals surface area contributed by atoms with E-state index >= 15 is 0 Å². The molecule has 9 heteroatoms. The molecule has 0 aliphatic rings. The zero-order valence-electron chi connectivity index (χ0n) is 18.5. The van der Waals surface area contributed by atoms with Crippen LogP contribution in [0.25, 0.3) is 22.5 Å². The van der Waals surface area contributed by atoms with Gasteiger partial charge in [-0.05, 0) is 48.9 Å². The fourth-order valence-corrected chi connectivity index (χ4v) is 3.66. The lowest BCUT2D eigenvalue weighted by atomic mass is 10.0. The first-order valence-electron chi connectivity index (χ1n) is 10.3. The van der Waals surface area contributed by atoms with Crippen molar-refractivity contribution < 1.29 is 28.3 Å². The van der Waals surface area contributed by atoms with Crippen LogP contribution in [0.5, 0.6) is 11.5 Å². The second kappa shape index (κ2) is 9.14. The zero-order valence-corrected chi connectivity index (χ0v) is 18.5. The van der Waals surface area contributed by atoms with E-state index in [1.807, 2.05) is 0 Å². The summed E-state index contributed by atoms with van der Waals surface area (Å²) in [6, 6.07) is 12.9. The number of carbonyl (C=O) groups excluding carboxylic acids is 2. The summed E-state index contributed by atoms with van der Waals surface area (Å²) in [7, 11) is 1.54. The van der Waals surface area contributed by atoms with E-state index in [1.54, 1.807) is 38.3 Å². The van der Waals surface area contributed by atoms with Crippen molar-refractivity contribution >= 4 is 23.0 Å². The minimum atomic E-state index is -1.12. The molecule has 0 aliphatic heterocycles. The number of phenols is 1. The molecule has 174 valence electrons. The average Bonchev–Trinajstić information content (AvgIpc) is 3.16. The second-order valence-electron chi connectivity index (χ2n) is 7.69. The molecule has 4 aromatic rings. The van der Waals surface area contributed by atoms with Gasteiger partial charge in [0, 0.05) is 11.6 Å². The standard InChI is InChI=1S/C25H22N2O7/c1-13-11-19(29)24-23(33-13)18(22(34-24)15-5-9-17(32-2)10-6-15)12-20(30)27-21(25(26)31)14-3-7-16(28)8-4-14/h3-11,21,28H,12H2,1-2H3,(H2,26,31)(H,27,30). The first kappa shape index (κ1) is 22.7. The molecule has 0 saturated carbocycles. The number of fused-ring (bicyclic) bond motifs is 1. The van der Waals surface area contributed by atoms with Gasteiger partial charge < -0.3 is 29.7 Å². The number of amides is 2. The van der Waals surface area contributed by atoms with Crippen molar-refractivity contribution in [2.24, 2.45) is 5.73 Å². The molecule has 0 saturated heterocycles. The maximum absolute atomic E-state index is 13.0. The topological polar surface area (TPSA) is 145 Å². The number of primary amides is 1. The summed E-state index contributed by atoms with van der Waals surface area (Å²) in [6.45, 7) is 1.62. The number of carbonyl (C=O) groups is 2. The molecule has 4 rings (SSSR count). The predicted octanol–water partition coefficient (Wildman–Crippen LogP) is 2.96. The molecule has 34 heavy (non-hydrogen) atoms. The quantitative estimate of drug-likeness (QED) is 0.383. The number of methoxy groups -OCH3 is 1. The molecule has 0 radical (unpaired) electrons. The Morgan fingerprint density at radius 3 is 2.35 bits per heavy atom. The zero-order chi connectivity index (χ0) is 24.4. The van der Waals surface area contributed by atoms with Crippen molar-refractivity contribution in [3.8, 4) is 22.8 Å². The first-order chi connectivity index (χ1) is 16.3. The van der Waals surface area contributed by atoms with Crippen LogP contribution in [0.2, 0.25) is 0 Å². The summed E-state index contributed by atoms with van der Waals surface area (Å²) >= 11 is 0. The molecule has 1 unspecified atom stereocenters. The Morgan fingerprint density at radius 1 is 1.06 bits per heavy atom. The highest BCUT2D eigenvalue weighted by molar-refractivity contribution is 5.92. The van der Waals surface area contributed by atoms with Crippen molar-refractivity contribution in [2.45, 2.75) is 19.4 Å². The van der Waals surface area contributed by atoms with Crippen molar-refractivity contribution in [3.63, 3.8) is 0 Å². The van der Waals surface area contributed by atoms with E-state index in [0.717, 1.165) is 0 Å². The van der Waals surface area contributed by atoms with Crippen LogP contribution in [0.4, 0.5) is 0 Å². The number of aryl methyl sites for hydroxylation is 1. The third-order valence-electron chi connectivity index (χ3n) is 5.29. The van der Waals surface area contributed by atoms with Gasteiger partial charge in [-0.2, -0.15) is 0 Å². The summed E-state index contributed by atoms with van der Waals surface area (Å²) < 4.78 is 16.8. The lowest BCUT2D eigenvalue weighted by Gasteiger charge is -2.16. The number of aromatic hydroxyl groups is 1. The molecular formula is C25H22N2O7. The minimum absolute atomic E-state index is 0.01000. The molecule has 2 aromatic heterocycles. The van der Waals surface area contributed by atoms with Gasteiger partial charge in [0.1, 0.15) is 29.1 Å². The molecule has 1 atom stereocenters. The fourth-order valence-electron chi connectivity index (χ4n) is 3.66. The van der Waals surface area contributed by atoms with Gasteiger partial charge in [0.2, 0.25) is 22.8 Å². The molecule has 2 aromatic carbocycles. The highest BCUT2D eigenvalue weighted by Gasteiger charge is 2.26. The number of furan rings is 1. The number of rotatable bonds is 7. The Bertz CT molecular complexity index is 1420. The van der Waals surface area contributed by atoms with E-state index in [-0.39, 0.29) is 28.8 Å². The number of benzene rings is 2. The number of nitrogens with one attached hydrogen (secondary N) is 1. The van der Waals surface area contributed by atoms with E-state index in [1.165, 1.54) is 30.3 Å². The number of hydrogen-bond acceptors (Lipinski definition) is 7. The predicted molar refractivity (Wildman–Crippen MR) is 123 cm³/mol.